The van der Waals surface area contributed by atoms with Crippen LogP contribution in [-0.2, 0) is 20.2 Å². The number of rotatable bonds is 5. The van der Waals surface area contributed by atoms with Crippen LogP contribution in [-0.4, -0.2) is 19.3 Å². The fraction of sp³-hybridized carbons (Fsp3) is 0.300. The van der Waals surface area contributed by atoms with E-state index in [-0.39, 0.29) is 16.2 Å². The third-order valence-corrected chi connectivity index (χ3v) is 6.57. The van der Waals surface area contributed by atoms with Crippen LogP contribution in [0.15, 0.2) is 47.4 Å². The van der Waals surface area contributed by atoms with Gasteiger partial charge in [-0.1, -0.05) is 51.2 Å². The maximum atomic E-state index is 12.7. The molecule has 148 valence electrons. The van der Waals surface area contributed by atoms with Gasteiger partial charge in [-0.15, -0.1) is 0 Å². The van der Waals surface area contributed by atoms with Gasteiger partial charge in [0.1, 0.15) is 0 Å². The van der Waals surface area contributed by atoms with Crippen LogP contribution in [0.3, 0.4) is 0 Å². The molecule has 2 aromatic carbocycles. The zero-order valence-corrected chi connectivity index (χ0v) is 17.9. The molecule has 0 bridgehead atoms. The molecule has 1 amide bonds. The molecule has 0 saturated carbocycles. The summed E-state index contributed by atoms with van der Waals surface area (Å²) >= 11 is 1.30. The average Bonchev–Trinajstić information content (AvgIpc) is 3.02. The topological polar surface area (TPSA) is 88.2 Å². The van der Waals surface area contributed by atoms with Gasteiger partial charge in [0.05, 0.1) is 20.8 Å². The maximum absolute atomic E-state index is 12.7. The molecule has 0 spiro atoms. The summed E-state index contributed by atoms with van der Waals surface area (Å²) in [6, 6.07) is 12.0. The normalized spacial score (nSPS) is 12.1. The van der Waals surface area contributed by atoms with Gasteiger partial charge in [0.25, 0.3) is 10.0 Å². The Hall–Kier alpha value is -2.45. The first kappa shape index (κ1) is 20.3. The Kier molecular flexibility index (Phi) is 5.45. The quantitative estimate of drug-likeness (QED) is 0.627. The van der Waals surface area contributed by atoms with Crippen LogP contribution in [0.2, 0.25) is 0 Å². The molecule has 6 nitrogen and oxygen atoms in total. The number of fused-ring (bicyclic) bond motifs is 1. The molecule has 28 heavy (non-hydrogen) atoms. The van der Waals surface area contributed by atoms with E-state index in [1.54, 1.807) is 37.3 Å². The molecule has 0 radical (unpaired) electrons. The molecule has 0 aliphatic carbocycles. The Balaban J connectivity index is 1.83. The van der Waals surface area contributed by atoms with Gasteiger partial charge in [0, 0.05) is 6.42 Å². The Morgan fingerprint density at radius 2 is 1.79 bits per heavy atom. The Morgan fingerprint density at radius 1 is 1.11 bits per heavy atom. The molecule has 1 heterocycles. The lowest BCUT2D eigenvalue weighted by molar-refractivity contribution is -0.115. The fourth-order valence-corrected chi connectivity index (χ4v) is 4.57. The number of hydrogen-bond acceptors (Lipinski definition) is 5. The maximum Gasteiger partial charge on any atom is 0.261 e. The predicted octanol–water partition coefficient (Wildman–Crippen LogP) is 4.74. The van der Waals surface area contributed by atoms with E-state index in [0.29, 0.717) is 22.8 Å². The number of carbonyl (C=O) groups is 1. The Bertz CT molecular complexity index is 1110. The second-order valence-electron chi connectivity index (χ2n) is 7.48. The van der Waals surface area contributed by atoms with E-state index in [2.05, 4.69) is 35.8 Å². The summed E-state index contributed by atoms with van der Waals surface area (Å²) in [5.74, 6) is -0.112. The molecule has 0 fully saturated rings. The highest BCUT2D eigenvalue weighted by atomic mass is 32.2. The number of amides is 1. The van der Waals surface area contributed by atoms with Gasteiger partial charge in [-0.3, -0.25) is 9.52 Å². The van der Waals surface area contributed by atoms with Crippen molar-refractivity contribution in [3.05, 3.63) is 48.0 Å². The van der Waals surface area contributed by atoms with Crippen molar-refractivity contribution in [1.82, 2.24) is 4.98 Å². The number of nitrogens with one attached hydrogen (secondary N) is 2. The smallest absolute Gasteiger partial charge is 0.261 e. The molecule has 3 aromatic rings. The van der Waals surface area contributed by atoms with Crippen LogP contribution < -0.4 is 10.0 Å². The van der Waals surface area contributed by atoms with Crippen LogP contribution in [0.25, 0.3) is 10.2 Å². The van der Waals surface area contributed by atoms with Crippen molar-refractivity contribution >= 4 is 48.3 Å². The number of anilines is 2. The minimum atomic E-state index is -3.70. The molecule has 0 atom stereocenters. The van der Waals surface area contributed by atoms with Crippen molar-refractivity contribution in [3.63, 3.8) is 0 Å². The van der Waals surface area contributed by atoms with Gasteiger partial charge in [0.2, 0.25) is 5.91 Å². The minimum Gasteiger partial charge on any atom is -0.302 e. The molecule has 0 aliphatic rings. The predicted molar refractivity (Wildman–Crippen MR) is 114 cm³/mol. The summed E-state index contributed by atoms with van der Waals surface area (Å²) in [6.45, 7) is 8.01. The van der Waals surface area contributed by atoms with E-state index >= 15 is 0 Å². The summed E-state index contributed by atoms with van der Waals surface area (Å²) < 4.78 is 28.8. The molecule has 1 aromatic heterocycles. The molecule has 0 unspecified atom stereocenters. The van der Waals surface area contributed by atoms with Crippen molar-refractivity contribution < 1.29 is 13.2 Å². The lowest BCUT2D eigenvalue weighted by Gasteiger charge is -2.19. The fourth-order valence-electron chi connectivity index (χ4n) is 2.60. The summed E-state index contributed by atoms with van der Waals surface area (Å²) in [6.07, 6.45) is 0.370. The van der Waals surface area contributed by atoms with E-state index in [1.165, 1.54) is 11.3 Å². The third-order valence-electron chi connectivity index (χ3n) is 4.24. The first-order valence-electron chi connectivity index (χ1n) is 8.92. The van der Waals surface area contributed by atoms with Crippen molar-refractivity contribution in [3.8, 4) is 0 Å². The number of nitrogens with zero attached hydrogens (tertiary/aromatic N) is 1. The highest BCUT2D eigenvalue weighted by Crippen LogP contribution is 2.30. The minimum absolute atomic E-state index is 0.0438. The molecule has 8 heteroatoms. The van der Waals surface area contributed by atoms with Crippen molar-refractivity contribution in [2.75, 3.05) is 10.0 Å². The monoisotopic (exact) mass is 417 g/mol. The standard InChI is InChI=1S/C20H23N3O3S2/c1-5-18(24)22-19-21-16-11-8-14(12-17(16)27-19)23-28(25,26)15-9-6-13(7-10-15)20(2,3)4/h6-12,23H,5H2,1-4H3,(H,21,22,24). The zero-order valence-electron chi connectivity index (χ0n) is 16.2. The number of benzene rings is 2. The van der Waals surface area contributed by atoms with Gasteiger partial charge in [-0.2, -0.15) is 0 Å². The van der Waals surface area contributed by atoms with Gasteiger partial charge in [0.15, 0.2) is 5.13 Å². The van der Waals surface area contributed by atoms with E-state index in [0.717, 1.165) is 10.3 Å². The summed E-state index contributed by atoms with van der Waals surface area (Å²) in [4.78, 5) is 16.1. The van der Waals surface area contributed by atoms with E-state index in [9.17, 15) is 13.2 Å². The van der Waals surface area contributed by atoms with E-state index < -0.39 is 10.0 Å². The highest BCUT2D eigenvalue weighted by Gasteiger charge is 2.18. The number of sulfonamides is 1. The second-order valence-corrected chi connectivity index (χ2v) is 10.2. The molecule has 3 rings (SSSR count). The lowest BCUT2D eigenvalue weighted by Crippen LogP contribution is -2.14. The number of hydrogen-bond donors (Lipinski definition) is 2. The lowest BCUT2D eigenvalue weighted by atomic mass is 9.87. The van der Waals surface area contributed by atoms with Crippen LogP contribution >= 0.6 is 11.3 Å². The van der Waals surface area contributed by atoms with Crippen molar-refractivity contribution in [2.45, 2.75) is 44.4 Å². The van der Waals surface area contributed by atoms with Gasteiger partial charge < -0.3 is 5.32 Å². The number of thiazole rings is 1. The largest absolute Gasteiger partial charge is 0.302 e. The van der Waals surface area contributed by atoms with E-state index in [4.69, 9.17) is 0 Å². The Labute approximate surface area is 169 Å². The third kappa shape index (κ3) is 4.51. The summed E-state index contributed by atoms with van der Waals surface area (Å²) in [5.41, 5.74) is 2.18. The van der Waals surface area contributed by atoms with E-state index in [1.807, 2.05) is 12.1 Å². The zero-order chi connectivity index (χ0) is 20.5. The van der Waals surface area contributed by atoms with Crippen LogP contribution in [0.4, 0.5) is 10.8 Å². The number of carbonyl (C=O) groups excluding carboxylic acids is 1. The Morgan fingerprint density at radius 3 is 2.39 bits per heavy atom. The molecule has 0 aliphatic heterocycles. The summed E-state index contributed by atoms with van der Waals surface area (Å²) in [5, 5.41) is 3.22. The number of aromatic nitrogens is 1. The molecule has 0 saturated heterocycles. The van der Waals surface area contributed by atoms with Crippen molar-refractivity contribution in [1.29, 1.82) is 0 Å². The highest BCUT2D eigenvalue weighted by molar-refractivity contribution is 7.92. The van der Waals surface area contributed by atoms with Crippen LogP contribution in [0.5, 0.6) is 0 Å². The first-order valence-corrected chi connectivity index (χ1v) is 11.2. The second kappa shape index (κ2) is 7.52. The molecular formula is C20H23N3O3S2. The van der Waals surface area contributed by atoms with Gasteiger partial charge in [-0.25, -0.2) is 13.4 Å². The van der Waals surface area contributed by atoms with Crippen LogP contribution in [0, 0.1) is 0 Å². The van der Waals surface area contributed by atoms with Crippen LogP contribution in [0.1, 0.15) is 39.7 Å². The van der Waals surface area contributed by atoms with Gasteiger partial charge >= 0.3 is 0 Å². The summed E-state index contributed by atoms with van der Waals surface area (Å²) in [7, 11) is -3.70. The van der Waals surface area contributed by atoms with Gasteiger partial charge in [-0.05, 0) is 41.3 Å². The first-order chi connectivity index (χ1) is 13.1. The molecule has 2 N–H and O–H groups in total. The molecular weight excluding hydrogens is 394 g/mol. The average molecular weight is 418 g/mol. The van der Waals surface area contributed by atoms with Crippen molar-refractivity contribution in [2.24, 2.45) is 0 Å². The SMILES string of the molecule is CCC(=O)Nc1nc2ccc(NS(=O)(=O)c3ccc(C(C)(C)C)cc3)cc2s1.